The van der Waals surface area contributed by atoms with Crippen LogP contribution in [0.4, 0.5) is 10.5 Å². The fraction of sp³-hybridized carbons (Fsp3) is 0.320. The van der Waals surface area contributed by atoms with E-state index in [0.717, 1.165) is 32.5 Å². The van der Waals surface area contributed by atoms with E-state index in [0.29, 0.717) is 22.3 Å². The molecule has 2 amide bonds. The Bertz CT molecular complexity index is 976. The van der Waals surface area contributed by atoms with E-state index in [-0.39, 0.29) is 11.9 Å². The number of rotatable bonds is 12. The van der Waals surface area contributed by atoms with Crippen molar-refractivity contribution in [3.05, 3.63) is 75.6 Å². The first-order valence-electron chi connectivity index (χ1n) is 11.1. The molecule has 8 heteroatoms. The molecule has 1 unspecified atom stereocenters. The normalized spacial score (nSPS) is 11.8. The Morgan fingerprint density at radius 2 is 1.76 bits per heavy atom. The highest BCUT2D eigenvalue weighted by molar-refractivity contribution is 7.13. The van der Waals surface area contributed by atoms with E-state index < -0.39 is 0 Å². The lowest BCUT2D eigenvalue weighted by Crippen LogP contribution is -2.33. The van der Waals surface area contributed by atoms with E-state index in [2.05, 4.69) is 63.0 Å². The molecular formula is C25H30Cl2N4OS. The van der Waals surface area contributed by atoms with Gasteiger partial charge in [-0.3, -0.25) is 0 Å². The van der Waals surface area contributed by atoms with Gasteiger partial charge in [-0.2, -0.15) is 0 Å². The predicted octanol–water partition coefficient (Wildman–Crippen LogP) is 6.22. The maximum Gasteiger partial charge on any atom is 0.319 e. The smallest absolute Gasteiger partial charge is 0.319 e. The molecule has 3 aromatic rings. The van der Waals surface area contributed by atoms with Gasteiger partial charge in [0, 0.05) is 33.1 Å². The van der Waals surface area contributed by atoms with Crippen molar-refractivity contribution in [3.63, 3.8) is 0 Å². The zero-order chi connectivity index (χ0) is 23.5. The minimum atomic E-state index is -0.282. The Morgan fingerprint density at radius 1 is 1.00 bits per heavy atom. The highest BCUT2D eigenvalue weighted by Gasteiger charge is 2.14. The number of anilines is 1. The summed E-state index contributed by atoms with van der Waals surface area (Å²) in [6.07, 6.45) is 2.00. The van der Waals surface area contributed by atoms with Gasteiger partial charge in [0.25, 0.3) is 0 Å². The molecule has 2 aromatic carbocycles. The lowest BCUT2D eigenvalue weighted by molar-refractivity contribution is 0.251. The van der Waals surface area contributed by atoms with Crippen molar-refractivity contribution >= 4 is 46.3 Å². The number of hydrogen-bond acceptors (Lipinski definition) is 4. The maximum absolute atomic E-state index is 12.5. The zero-order valence-electron chi connectivity index (χ0n) is 18.7. The largest absolute Gasteiger partial charge is 0.337 e. The molecule has 1 atom stereocenters. The van der Waals surface area contributed by atoms with Crippen LogP contribution in [0.2, 0.25) is 10.0 Å². The number of hydrogen-bond donors (Lipinski definition) is 4. The van der Waals surface area contributed by atoms with Gasteiger partial charge in [-0.25, -0.2) is 4.79 Å². The highest BCUT2D eigenvalue weighted by Crippen LogP contribution is 2.27. The number of nitrogens with one attached hydrogen (secondary N) is 4. The summed E-state index contributed by atoms with van der Waals surface area (Å²) in [5, 5.41) is 15.5. The lowest BCUT2D eigenvalue weighted by atomic mass is 9.94. The molecule has 0 saturated heterocycles. The van der Waals surface area contributed by atoms with Gasteiger partial charge in [-0.1, -0.05) is 53.5 Å². The molecular weight excluding hydrogens is 475 g/mol. The summed E-state index contributed by atoms with van der Waals surface area (Å²) in [7, 11) is 1.96. The summed E-state index contributed by atoms with van der Waals surface area (Å²) >= 11 is 13.8. The second-order valence-electron chi connectivity index (χ2n) is 7.79. The van der Waals surface area contributed by atoms with Crippen LogP contribution in [0.3, 0.4) is 0 Å². The van der Waals surface area contributed by atoms with Crippen molar-refractivity contribution in [3.8, 4) is 10.4 Å². The Kier molecular flexibility index (Phi) is 10.5. The molecule has 5 nitrogen and oxygen atoms in total. The van der Waals surface area contributed by atoms with E-state index >= 15 is 0 Å². The van der Waals surface area contributed by atoms with Crippen molar-refractivity contribution in [2.75, 3.05) is 38.5 Å². The quantitative estimate of drug-likeness (QED) is 0.221. The van der Waals surface area contributed by atoms with Crippen LogP contribution in [0.15, 0.2) is 60.0 Å². The number of carbonyl (C=O) groups excluding carboxylic acids is 1. The van der Waals surface area contributed by atoms with Crippen LogP contribution in [0, 0.1) is 0 Å². The van der Waals surface area contributed by atoms with Crippen molar-refractivity contribution in [1.82, 2.24) is 16.0 Å². The molecule has 0 spiro atoms. The number of benzene rings is 2. The molecule has 0 saturated carbocycles. The molecule has 0 aliphatic rings. The summed E-state index contributed by atoms with van der Waals surface area (Å²) in [6.45, 7) is 3.37. The molecule has 176 valence electrons. The lowest BCUT2D eigenvalue weighted by Gasteiger charge is -2.19. The van der Waals surface area contributed by atoms with E-state index in [1.54, 1.807) is 29.5 Å². The van der Waals surface area contributed by atoms with Gasteiger partial charge in [0.2, 0.25) is 0 Å². The number of thiophene rings is 1. The van der Waals surface area contributed by atoms with E-state index in [1.165, 1.54) is 16.0 Å². The average Bonchev–Trinajstić information content (AvgIpc) is 3.32. The van der Waals surface area contributed by atoms with Crippen molar-refractivity contribution in [1.29, 1.82) is 0 Å². The Balaban J connectivity index is 1.60. The fourth-order valence-corrected chi connectivity index (χ4v) is 4.82. The fourth-order valence-electron chi connectivity index (χ4n) is 3.56. The van der Waals surface area contributed by atoms with Crippen LogP contribution in [-0.4, -0.2) is 39.3 Å². The van der Waals surface area contributed by atoms with Crippen molar-refractivity contribution in [2.24, 2.45) is 0 Å². The van der Waals surface area contributed by atoms with Crippen LogP contribution < -0.4 is 21.3 Å². The SMILES string of the molecule is CNCCCNCCC(CNC(=O)Nc1cc(Cl)cc(Cl)c1)c1ccc(-c2cccs2)cc1. The van der Waals surface area contributed by atoms with Crippen LogP contribution in [0.1, 0.15) is 24.3 Å². The highest BCUT2D eigenvalue weighted by atomic mass is 35.5. The summed E-state index contributed by atoms with van der Waals surface area (Å²) in [6, 6.07) is 17.5. The number of carbonyl (C=O) groups is 1. The molecule has 1 aromatic heterocycles. The topological polar surface area (TPSA) is 65.2 Å². The van der Waals surface area contributed by atoms with E-state index in [9.17, 15) is 4.79 Å². The zero-order valence-corrected chi connectivity index (χ0v) is 21.0. The van der Waals surface area contributed by atoms with Crippen molar-refractivity contribution < 1.29 is 4.79 Å². The molecule has 3 rings (SSSR count). The molecule has 0 aliphatic heterocycles. The van der Waals surface area contributed by atoms with Gasteiger partial charge in [-0.05, 0) is 80.3 Å². The van der Waals surface area contributed by atoms with Gasteiger partial charge < -0.3 is 21.3 Å². The summed E-state index contributed by atoms with van der Waals surface area (Å²) in [5.74, 6) is 0.188. The third-order valence-corrected chi connectivity index (χ3v) is 6.62. The third-order valence-electron chi connectivity index (χ3n) is 5.27. The van der Waals surface area contributed by atoms with Crippen LogP contribution >= 0.6 is 34.5 Å². The minimum absolute atomic E-state index is 0.188. The molecule has 0 bridgehead atoms. The predicted molar refractivity (Wildman–Crippen MR) is 142 cm³/mol. The molecule has 33 heavy (non-hydrogen) atoms. The molecule has 0 fully saturated rings. The third kappa shape index (κ3) is 8.65. The standard InChI is InChI=1S/C25H30Cl2N4OS/c1-28-10-3-11-29-12-9-20(18-5-7-19(8-6-18)24-4-2-13-33-24)17-30-25(32)31-23-15-21(26)14-22(27)16-23/h2,4-8,13-16,20,28-29H,3,9-12,17H2,1H3,(H2,30,31,32). The molecule has 1 heterocycles. The Labute approximate surface area is 209 Å². The van der Waals surface area contributed by atoms with Crippen LogP contribution in [0.25, 0.3) is 10.4 Å². The Morgan fingerprint density at radius 3 is 2.42 bits per heavy atom. The van der Waals surface area contributed by atoms with Gasteiger partial charge in [-0.15, -0.1) is 11.3 Å². The first kappa shape index (κ1) is 25.5. The number of halogens is 2. The number of amides is 2. The van der Waals surface area contributed by atoms with Gasteiger partial charge in [0.15, 0.2) is 0 Å². The van der Waals surface area contributed by atoms with E-state index in [4.69, 9.17) is 23.2 Å². The number of urea groups is 1. The van der Waals surface area contributed by atoms with Gasteiger partial charge >= 0.3 is 6.03 Å². The van der Waals surface area contributed by atoms with Crippen LogP contribution in [0.5, 0.6) is 0 Å². The van der Waals surface area contributed by atoms with E-state index in [1.807, 2.05) is 7.05 Å². The van der Waals surface area contributed by atoms with Crippen LogP contribution in [-0.2, 0) is 0 Å². The summed E-state index contributed by atoms with van der Waals surface area (Å²) in [5.41, 5.74) is 2.98. The maximum atomic E-state index is 12.5. The summed E-state index contributed by atoms with van der Waals surface area (Å²) in [4.78, 5) is 13.8. The molecule has 0 radical (unpaired) electrons. The monoisotopic (exact) mass is 504 g/mol. The first-order valence-corrected chi connectivity index (χ1v) is 12.7. The second kappa shape index (κ2) is 13.6. The first-order chi connectivity index (χ1) is 16.0. The second-order valence-corrected chi connectivity index (χ2v) is 9.61. The summed E-state index contributed by atoms with van der Waals surface area (Å²) < 4.78 is 0. The Hall–Kier alpha value is -2.09. The van der Waals surface area contributed by atoms with Gasteiger partial charge in [0.1, 0.15) is 0 Å². The minimum Gasteiger partial charge on any atom is -0.337 e. The van der Waals surface area contributed by atoms with Gasteiger partial charge in [0.05, 0.1) is 0 Å². The molecule has 0 aliphatic carbocycles. The average molecular weight is 506 g/mol. The van der Waals surface area contributed by atoms with Crippen molar-refractivity contribution in [2.45, 2.75) is 18.8 Å². The molecule has 4 N–H and O–H groups in total.